The number of carbonyl (C=O) groups is 2. The van der Waals surface area contributed by atoms with Crippen molar-refractivity contribution < 1.29 is 24.0 Å². The molecule has 0 bridgehead atoms. The van der Waals surface area contributed by atoms with Crippen molar-refractivity contribution in [2.24, 2.45) is 0 Å². The number of carboxylic acids is 1. The third-order valence-electron chi connectivity index (χ3n) is 3.72. The summed E-state index contributed by atoms with van der Waals surface area (Å²) in [6.07, 6.45) is -0.602. The molecule has 8 heteroatoms. The smallest absolute Gasteiger partial charge is 0.306 e. The van der Waals surface area contributed by atoms with Crippen molar-refractivity contribution in [2.75, 3.05) is 19.7 Å². The standard InChI is InChI=1S/C16H17N3O5/c1-10-17-15(18-24-10)11-3-2-4-12(7-11)16(22)19-5-6-23-13(9-19)8-14(20)21/h2-4,7,13H,5-6,8-9H2,1H3,(H,20,21)/t13-/m0/s1. The number of aromatic nitrogens is 2. The van der Waals surface area contributed by atoms with E-state index in [2.05, 4.69) is 10.1 Å². The molecular weight excluding hydrogens is 314 g/mol. The quantitative estimate of drug-likeness (QED) is 0.901. The molecule has 0 aliphatic carbocycles. The molecule has 1 aliphatic heterocycles. The van der Waals surface area contributed by atoms with Gasteiger partial charge in [-0.1, -0.05) is 17.3 Å². The first-order chi connectivity index (χ1) is 11.5. The lowest BCUT2D eigenvalue weighted by Gasteiger charge is -2.32. The molecule has 126 valence electrons. The third kappa shape index (κ3) is 3.60. The first-order valence-electron chi connectivity index (χ1n) is 7.56. The molecule has 24 heavy (non-hydrogen) atoms. The van der Waals surface area contributed by atoms with E-state index in [1.54, 1.807) is 36.1 Å². The predicted molar refractivity (Wildman–Crippen MR) is 82.4 cm³/mol. The van der Waals surface area contributed by atoms with Gasteiger partial charge < -0.3 is 19.3 Å². The number of aliphatic carboxylic acids is 1. The second-order valence-corrected chi connectivity index (χ2v) is 5.56. The van der Waals surface area contributed by atoms with Crippen LogP contribution in [0.25, 0.3) is 11.4 Å². The lowest BCUT2D eigenvalue weighted by atomic mass is 10.1. The minimum atomic E-state index is -0.941. The maximum atomic E-state index is 12.7. The SMILES string of the molecule is Cc1nc(-c2cccc(C(=O)N3CCO[C@@H](CC(=O)O)C3)c2)no1. The highest BCUT2D eigenvalue weighted by molar-refractivity contribution is 5.95. The zero-order valence-electron chi connectivity index (χ0n) is 13.1. The molecule has 0 saturated carbocycles. The van der Waals surface area contributed by atoms with Crippen LogP contribution >= 0.6 is 0 Å². The normalized spacial score (nSPS) is 17.7. The Hall–Kier alpha value is -2.74. The molecule has 1 saturated heterocycles. The number of carboxylic acid groups (broad SMARTS) is 1. The van der Waals surface area contributed by atoms with Crippen LogP contribution < -0.4 is 0 Å². The number of ether oxygens (including phenoxy) is 1. The first kappa shape index (κ1) is 16.1. The predicted octanol–water partition coefficient (Wildman–Crippen LogP) is 1.36. The number of amides is 1. The minimum Gasteiger partial charge on any atom is -0.481 e. The number of morpholine rings is 1. The van der Waals surface area contributed by atoms with Crippen LogP contribution in [0.4, 0.5) is 0 Å². The molecule has 1 amide bonds. The van der Waals surface area contributed by atoms with Crippen molar-refractivity contribution in [3.8, 4) is 11.4 Å². The summed E-state index contributed by atoms with van der Waals surface area (Å²) < 4.78 is 10.4. The lowest BCUT2D eigenvalue weighted by molar-refractivity contribution is -0.141. The van der Waals surface area contributed by atoms with Crippen molar-refractivity contribution in [1.29, 1.82) is 0 Å². The van der Waals surface area contributed by atoms with Crippen molar-refractivity contribution in [3.05, 3.63) is 35.7 Å². The van der Waals surface area contributed by atoms with Crippen LogP contribution in [0.15, 0.2) is 28.8 Å². The maximum Gasteiger partial charge on any atom is 0.306 e. The molecule has 3 rings (SSSR count). The molecule has 1 fully saturated rings. The Morgan fingerprint density at radius 2 is 2.25 bits per heavy atom. The van der Waals surface area contributed by atoms with Gasteiger partial charge in [-0.15, -0.1) is 0 Å². The average Bonchev–Trinajstić information content (AvgIpc) is 3.00. The van der Waals surface area contributed by atoms with E-state index in [-0.39, 0.29) is 18.9 Å². The molecule has 1 aliphatic rings. The number of benzene rings is 1. The molecule has 1 atom stereocenters. The molecule has 0 radical (unpaired) electrons. The largest absolute Gasteiger partial charge is 0.481 e. The van der Waals surface area contributed by atoms with Crippen molar-refractivity contribution in [3.63, 3.8) is 0 Å². The Kier molecular flexibility index (Phi) is 4.57. The van der Waals surface area contributed by atoms with Crippen LogP contribution in [0.1, 0.15) is 22.7 Å². The zero-order valence-corrected chi connectivity index (χ0v) is 13.1. The third-order valence-corrected chi connectivity index (χ3v) is 3.72. The summed E-state index contributed by atoms with van der Waals surface area (Å²) in [5.41, 5.74) is 1.18. The van der Waals surface area contributed by atoms with Gasteiger partial charge in [0.25, 0.3) is 5.91 Å². The lowest BCUT2D eigenvalue weighted by Crippen LogP contribution is -2.46. The number of aryl methyl sites for hydroxylation is 1. The van der Waals surface area contributed by atoms with Crippen LogP contribution in [0.2, 0.25) is 0 Å². The van der Waals surface area contributed by atoms with Crippen molar-refractivity contribution >= 4 is 11.9 Å². The molecule has 1 aromatic heterocycles. The monoisotopic (exact) mass is 331 g/mol. The Morgan fingerprint density at radius 1 is 1.42 bits per heavy atom. The fourth-order valence-electron chi connectivity index (χ4n) is 2.61. The van der Waals surface area contributed by atoms with Gasteiger partial charge in [0, 0.05) is 31.1 Å². The first-order valence-corrected chi connectivity index (χ1v) is 7.56. The summed E-state index contributed by atoms with van der Waals surface area (Å²) in [5, 5.41) is 12.7. The van der Waals surface area contributed by atoms with Crippen LogP contribution in [-0.2, 0) is 9.53 Å². The summed E-state index contributed by atoms with van der Waals surface area (Å²) >= 11 is 0. The van der Waals surface area contributed by atoms with Gasteiger partial charge in [-0.25, -0.2) is 0 Å². The van der Waals surface area contributed by atoms with Crippen LogP contribution in [0, 0.1) is 6.92 Å². The van der Waals surface area contributed by atoms with Gasteiger partial charge in [-0.3, -0.25) is 9.59 Å². The Bertz CT molecular complexity index is 758. The summed E-state index contributed by atoms with van der Waals surface area (Å²) in [6, 6.07) is 6.96. The summed E-state index contributed by atoms with van der Waals surface area (Å²) in [7, 11) is 0. The second-order valence-electron chi connectivity index (χ2n) is 5.56. The topological polar surface area (TPSA) is 106 Å². The van der Waals surface area contributed by atoms with Crippen molar-refractivity contribution in [2.45, 2.75) is 19.4 Å². The van der Waals surface area contributed by atoms with Crippen LogP contribution in [0.5, 0.6) is 0 Å². The maximum absolute atomic E-state index is 12.7. The average molecular weight is 331 g/mol. The van der Waals surface area contributed by atoms with Crippen molar-refractivity contribution in [1.82, 2.24) is 15.0 Å². The van der Waals surface area contributed by atoms with Crippen LogP contribution in [-0.4, -0.2) is 57.8 Å². The highest BCUT2D eigenvalue weighted by Gasteiger charge is 2.26. The molecule has 2 heterocycles. The molecule has 8 nitrogen and oxygen atoms in total. The van der Waals surface area contributed by atoms with E-state index >= 15 is 0 Å². The van der Waals surface area contributed by atoms with Gasteiger partial charge >= 0.3 is 5.97 Å². The number of hydrogen-bond donors (Lipinski definition) is 1. The van der Waals surface area contributed by atoms with E-state index in [4.69, 9.17) is 14.4 Å². The molecule has 1 aromatic carbocycles. The van der Waals surface area contributed by atoms with Gasteiger partial charge in [-0.05, 0) is 12.1 Å². The molecule has 1 N–H and O–H groups in total. The van der Waals surface area contributed by atoms with E-state index in [1.165, 1.54) is 0 Å². The van der Waals surface area contributed by atoms with E-state index in [9.17, 15) is 9.59 Å². The van der Waals surface area contributed by atoms with Gasteiger partial charge in [0.1, 0.15) is 0 Å². The molecule has 2 aromatic rings. The Balaban J connectivity index is 1.76. The van der Waals surface area contributed by atoms with Gasteiger partial charge in [0.05, 0.1) is 19.1 Å². The van der Waals surface area contributed by atoms with E-state index in [0.29, 0.717) is 36.0 Å². The number of carbonyl (C=O) groups excluding carboxylic acids is 1. The second kappa shape index (κ2) is 6.79. The summed E-state index contributed by atoms with van der Waals surface area (Å²) in [6.45, 7) is 2.71. The molecular formula is C16H17N3O5. The van der Waals surface area contributed by atoms with Crippen LogP contribution in [0.3, 0.4) is 0 Å². The van der Waals surface area contributed by atoms with Gasteiger partial charge in [0.15, 0.2) is 0 Å². The van der Waals surface area contributed by atoms with E-state index in [0.717, 1.165) is 0 Å². The summed E-state index contributed by atoms with van der Waals surface area (Å²) in [5.74, 6) is -0.237. The highest BCUT2D eigenvalue weighted by atomic mass is 16.5. The fourth-order valence-corrected chi connectivity index (χ4v) is 2.61. The molecule has 0 unspecified atom stereocenters. The molecule has 0 spiro atoms. The van der Waals surface area contributed by atoms with E-state index < -0.39 is 12.1 Å². The Labute approximate surface area is 138 Å². The zero-order chi connectivity index (χ0) is 17.1. The Morgan fingerprint density at radius 3 is 2.96 bits per heavy atom. The fraction of sp³-hybridized carbons (Fsp3) is 0.375. The highest BCUT2D eigenvalue weighted by Crippen LogP contribution is 2.19. The number of hydrogen-bond acceptors (Lipinski definition) is 6. The summed E-state index contributed by atoms with van der Waals surface area (Å²) in [4.78, 5) is 29.2. The number of rotatable bonds is 4. The minimum absolute atomic E-state index is 0.119. The van der Waals surface area contributed by atoms with Gasteiger partial charge in [-0.2, -0.15) is 4.98 Å². The number of nitrogens with zero attached hydrogens (tertiary/aromatic N) is 3. The van der Waals surface area contributed by atoms with Gasteiger partial charge in [0.2, 0.25) is 11.7 Å². The van der Waals surface area contributed by atoms with E-state index in [1.807, 2.05) is 0 Å².